The molecule has 0 aliphatic heterocycles. The second kappa shape index (κ2) is 7.21. The summed E-state index contributed by atoms with van der Waals surface area (Å²) in [5.41, 5.74) is 0. The molecule has 0 saturated heterocycles. The number of carboxylic acid groups (broad SMARTS) is 1. The first kappa shape index (κ1) is 15.8. The van der Waals surface area contributed by atoms with Crippen LogP contribution in [0, 0.1) is 11.8 Å². The summed E-state index contributed by atoms with van der Waals surface area (Å²) < 4.78 is 0. The zero-order valence-corrected chi connectivity index (χ0v) is 10.9. The number of hydrogen-bond donors (Lipinski definition) is 1. The normalized spacial score (nSPS) is 13.8. The molecule has 96 valence electrons. The van der Waals surface area contributed by atoms with Crippen LogP contribution in [0.2, 0.25) is 0 Å². The van der Waals surface area contributed by atoms with Crippen molar-refractivity contribution in [3.05, 3.63) is 0 Å². The number of carbonyl (C=O) groups excluding carboxylic acids is 3. The second-order valence-electron chi connectivity index (χ2n) is 3.74. The van der Waals surface area contributed by atoms with Crippen molar-refractivity contribution in [3.8, 4) is 0 Å². The molecule has 2 unspecified atom stereocenters. The third kappa shape index (κ3) is 5.12. The molecule has 0 aromatic heterocycles. The highest BCUT2D eigenvalue weighted by Gasteiger charge is 2.32. The van der Waals surface area contributed by atoms with Gasteiger partial charge in [-0.2, -0.15) is 0 Å². The van der Waals surface area contributed by atoms with Gasteiger partial charge in [0.05, 0.1) is 5.92 Å². The molecule has 0 heterocycles. The first-order chi connectivity index (χ1) is 7.81. The lowest BCUT2D eigenvalue weighted by molar-refractivity contribution is -0.153. The van der Waals surface area contributed by atoms with Gasteiger partial charge in [-0.1, -0.05) is 25.6 Å². The Morgan fingerprint density at radius 1 is 1.24 bits per heavy atom. The van der Waals surface area contributed by atoms with Crippen LogP contribution in [0.1, 0.15) is 27.2 Å². The molecular weight excluding hydrogens is 244 g/mol. The van der Waals surface area contributed by atoms with Crippen molar-refractivity contribution in [3.63, 3.8) is 0 Å². The van der Waals surface area contributed by atoms with Gasteiger partial charge in [-0.3, -0.25) is 14.4 Å². The minimum absolute atomic E-state index is 0.109. The van der Waals surface area contributed by atoms with Crippen LogP contribution in [-0.2, 0) is 19.2 Å². The number of thioether (sulfide) groups is 1. The molecule has 0 bridgehead atoms. The SMILES string of the molecule is CCC(C(=O)C(=O)O)C(=O)C(C)CSC(C)=O. The van der Waals surface area contributed by atoms with E-state index in [9.17, 15) is 19.2 Å². The number of hydrogen-bond acceptors (Lipinski definition) is 5. The summed E-state index contributed by atoms with van der Waals surface area (Å²) >= 11 is 0.997. The molecule has 6 heteroatoms. The Hall–Kier alpha value is -1.17. The predicted octanol–water partition coefficient (Wildman–Crippen LogP) is 1.15. The summed E-state index contributed by atoms with van der Waals surface area (Å²) in [6, 6.07) is 0. The second-order valence-corrected chi connectivity index (χ2v) is 4.93. The molecule has 0 aliphatic carbocycles. The minimum Gasteiger partial charge on any atom is -0.475 e. The smallest absolute Gasteiger partial charge is 0.372 e. The fraction of sp³-hybridized carbons (Fsp3) is 0.636. The molecule has 0 rings (SSSR count). The fourth-order valence-corrected chi connectivity index (χ4v) is 1.98. The number of ketones is 2. The summed E-state index contributed by atoms with van der Waals surface area (Å²) in [5.74, 6) is -4.40. The largest absolute Gasteiger partial charge is 0.475 e. The first-order valence-electron chi connectivity index (χ1n) is 5.25. The molecule has 0 aromatic rings. The van der Waals surface area contributed by atoms with E-state index in [1.54, 1.807) is 13.8 Å². The van der Waals surface area contributed by atoms with E-state index in [-0.39, 0.29) is 17.3 Å². The summed E-state index contributed by atoms with van der Waals surface area (Å²) in [4.78, 5) is 44.4. The molecule has 0 radical (unpaired) electrons. The molecule has 1 N–H and O–H groups in total. The van der Waals surface area contributed by atoms with Gasteiger partial charge in [0.25, 0.3) is 0 Å². The zero-order chi connectivity index (χ0) is 13.6. The molecule has 0 spiro atoms. The third-order valence-electron chi connectivity index (χ3n) is 2.30. The molecule has 0 fully saturated rings. The summed E-state index contributed by atoms with van der Waals surface area (Å²) in [7, 11) is 0. The number of carboxylic acids is 1. The molecule has 0 saturated carbocycles. The Kier molecular flexibility index (Phi) is 6.72. The van der Waals surface area contributed by atoms with Gasteiger partial charge in [-0.15, -0.1) is 0 Å². The van der Waals surface area contributed by atoms with Gasteiger partial charge in [0.2, 0.25) is 5.78 Å². The van der Waals surface area contributed by atoms with Crippen molar-refractivity contribution < 1.29 is 24.3 Å². The van der Waals surface area contributed by atoms with Gasteiger partial charge in [0, 0.05) is 18.6 Å². The Labute approximate surface area is 104 Å². The van der Waals surface area contributed by atoms with Crippen LogP contribution in [0.3, 0.4) is 0 Å². The monoisotopic (exact) mass is 260 g/mol. The molecule has 0 aliphatic rings. The Morgan fingerprint density at radius 2 is 1.76 bits per heavy atom. The topological polar surface area (TPSA) is 88.5 Å². The Morgan fingerprint density at radius 3 is 2.12 bits per heavy atom. The maximum atomic E-state index is 11.8. The zero-order valence-electron chi connectivity index (χ0n) is 10.1. The molecule has 17 heavy (non-hydrogen) atoms. The Bertz CT molecular complexity index is 337. The third-order valence-corrected chi connectivity index (χ3v) is 3.37. The van der Waals surface area contributed by atoms with Gasteiger partial charge in [-0.25, -0.2) is 4.79 Å². The van der Waals surface area contributed by atoms with Crippen LogP contribution in [0.25, 0.3) is 0 Å². The maximum absolute atomic E-state index is 11.8. The average molecular weight is 260 g/mol. The lowest BCUT2D eigenvalue weighted by Gasteiger charge is -2.15. The highest BCUT2D eigenvalue weighted by atomic mass is 32.2. The number of aliphatic carboxylic acids is 1. The van der Waals surface area contributed by atoms with Gasteiger partial charge in [0.15, 0.2) is 5.12 Å². The summed E-state index contributed by atoms with van der Waals surface area (Å²) in [5, 5.41) is 8.46. The van der Waals surface area contributed by atoms with Crippen LogP contribution >= 0.6 is 11.8 Å². The fourth-order valence-electron chi connectivity index (χ4n) is 1.33. The highest BCUT2D eigenvalue weighted by Crippen LogP contribution is 2.17. The maximum Gasteiger partial charge on any atom is 0.372 e. The van der Waals surface area contributed by atoms with E-state index in [1.807, 2.05) is 0 Å². The van der Waals surface area contributed by atoms with Crippen molar-refractivity contribution in [2.45, 2.75) is 27.2 Å². The van der Waals surface area contributed by atoms with E-state index in [1.165, 1.54) is 6.92 Å². The molecular formula is C11H16O5S. The van der Waals surface area contributed by atoms with Gasteiger partial charge >= 0.3 is 5.97 Å². The van der Waals surface area contributed by atoms with E-state index in [4.69, 9.17) is 5.11 Å². The van der Waals surface area contributed by atoms with Crippen molar-refractivity contribution in [1.82, 2.24) is 0 Å². The molecule has 5 nitrogen and oxygen atoms in total. The first-order valence-corrected chi connectivity index (χ1v) is 6.24. The van der Waals surface area contributed by atoms with Crippen LogP contribution in [0.4, 0.5) is 0 Å². The standard InChI is InChI=1S/C11H16O5S/c1-4-8(10(14)11(15)16)9(13)6(2)5-17-7(3)12/h6,8H,4-5H2,1-3H3,(H,15,16). The highest BCUT2D eigenvalue weighted by molar-refractivity contribution is 8.13. The average Bonchev–Trinajstić information content (AvgIpc) is 2.26. The van der Waals surface area contributed by atoms with E-state index in [0.717, 1.165) is 11.8 Å². The molecule has 0 amide bonds. The lowest BCUT2D eigenvalue weighted by atomic mass is 9.89. The van der Waals surface area contributed by atoms with Crippen molar-refractivity contribution in [2.75, 3.05) is 5.75 Å². The minimum atomic E-state index is -1.59. The molecule has 2 atom stereocenters. The van der Waals surface area contributed by atoms with E-state index >= 15 is 0 Å². The van der Waals surface area contributed by atoms with Crippen LogP contribution in [0.15, 0.2) is 0 Å². The van der Waals surface area contributed by atoms with Crippen LogP contribution in [-0.4, -0.2) is 33.5 Å². The molecule has 0 aromatic carbocycles. The van der Waals surface area contributed by atoms with Gasteiger partial charge in [0.1, 0.15) is 5.78 Å². The van der Waals surface area contributed by atoms with Gasteiger partial charge < -0.3 is 5.11 Å². The van der Waals surface area contributed by atoms with E-state index < -0.39 is 29.4 Å². The summed E-state index contributed by atoms with van der Waals surface area (Å²) in [6.45, 7) is 4.58. The van der Waals surface area contributed by atoms with Crippen molar-refractivity contribution in [2.24, 2.45) is 11.8 Å². The van der Waals surface area contributed by atoms with E-state index in [0.29, 0.717) is 0 Å². The van der Waals surface area contributed by atoms with E-state index in [2.05, 4.69) is 0 Å². The Balaban J connectivity index is 4.58. The number of carbonyl (C=O) groups is 4. The van der Waals surface area contributed by atoms with Crippen molar-refractivity contribution >= 4 is 34.4 Å². The van der Waals surface area contributed by atoms with Crippen LogP contribution < -0.4 is 0 Å². The van der Waals surface area contributed by atoms with Crippen molar-refractivity contribution in [1.29, 1.82) is 0 Å². The quantitative estimate of drug-likeness (QED) is 0.545. The number of rotatable bonds is 7. The predicted molar refractivity (Wildman–Crippen MR) is 63.7 cm³/mol. The summed E-state index contributed by atoms with van der Waals surface area (Å²) in [6.07, 6.45) is 0.166. The lowest BCUT2D eigenvalue weighted by Crippen LogP contribution is -2.33. The van der Waals surface area contributed by atoms with Crippen LogP contribution in [0.5, 0.6) is 0 Å². The van der Waals surface area contributed by atoms with Gasteiger partial charge in [-0.05, 0) is 6.42 Å². The number of Topliss-reactive ketones (excluding diaryl/α,β-unsaturated/α-hetero) is 2.